The molecule has 1 N–H and O–H groups in total. The SMILES string of the molecule is CCCCCCC(=O)NCCOC(=O)/C=C/c1cc(OC)ccc1OC. The van der Waals surface area contributed by atoms with Crippen LogP contribution in [-0.4, -0.2) is 39.2 Å². The van der Waals surface area contributed by atoms with Crippen LogP contribution in [0.2, 0.25) is 0 Å². The molecule has 6 nitrogen and oxygen atoms in total. The lowest BCUT2D eigenvalue weighted by Crippen LogP contribution is -2.27. The molecule has 0 aliphatic heterocycles. The predicted octanol–water partition coefficient (Wildman–Crippen LogP) is 3.35. The molecular formula is C20H29NO5. The van der Waals surface area contributed by atoms with E-state index in [-0.39, 0.29) is 12.5 Å². The number of amides is 1. The Morgan fingerprint density at radius 2 is 1.92 bits per heavy atom. The van der Waals surface area contributed by atoms with Crippen molar-refractivity contribution in [3.8, 4) is 11.5 Å². The zero-order chi connectivity index (χ0) is 19.2. The van der Waals surface area contributed by atoms with Crippen LogP contribution in [0, 0.1) is 0 Å². The van der Waals surface area contributed by atoms with Crippen molar-refractivity contribution in [2.24, 2.45) is 0 Å². The van der Waals surface area contributed by atoms with Crippen molar-refractivity contribution >= 4 is 18.0 Å². The molecule has 0 unspecified atom stereocenters. The molecular weight excluding hydrogens is 334 g/mol. The van der Waals surface area contributed by atoms with Gasteiger partial charge in [0.2, 0.25) is 5.91 Å². The van der Waals surface area contributed by atoms with Crippen LogP contribution in [0.1, 0.15) is 44.6 Å². The van der Waals surface area contributed by atoms with Crippen molar-refractivity contribution in [2.75, 3.05) is 27.4 Å². The lowest BCUT2D eigenvalue weighted by Gasteiger charge is -2.07. The second kappa shape index (κ2) is 12.8. The number of methoxy groups -OCH3 is 2. The number of rotatable bonds is 12. The van der Waals surface area contributed by atoms with E-state index >= 15 is 0 Å². The molecule has 26 heavy (non-hydrogen) atoms. The molecule has 0 aliphatic rings. The Balaban J connectivity index is 2.32. The first kappa shape index (κ1) is 21.5. The molecule has 0 saturated heterocycles. The molecule has 0 fully saturated rings. The molecule has 0 bridgehead atoms. The lowest BCUT2D eigenvalue weighted by atomic mass is 10.1. The summed E-state index contributed by atoms with van der Waals surface area (Å²) in [6, 6.07) is 5.31. The van der Waals surface area contributed by atoms with Gasteiger partial charge in [0.1, 0.15) is 18.1 Å². The number of esters is 1. The molecule has 0 atom stereocenters. The summed E-state index contributed by atoms with van der Waals surface area (Å²) < 4.78 is 15.5. The summed E-state index contributed by atoms with van der Waals surface area (Å²) >= 11 is 0. The van der Waals surface area contributed by atoms with Crippen LogP contribution in [0.5, 0.6) is 11.5 Å². The van der Waals surface area contributed by atoms with Gasteiger partial charge in [-0.3, -0.25) is 4.79 Å². The van der Waals surface area contributed by atoms with Crippen LogP contribution in [-0.2, 0) is 14.3 Å². The number of unbranched alkanes of at least 4 members (excludes halogenated alkanes) is 3. The summed E-state index contributed by atoms with van der Waals surface area (Å²) in [5.74, 6) is 0.812. The predicted molar refractivity (Wildman–Crippen MR) is 101 cm³/mol. The van der Waals surface area contributed by atoms with Gasteiger partial charge in [-0.25, -0.2) is 4.79 Å². The largest absolute Gasteiger partial charge is 0.497 e. The summed E-state index contributed by atoms with van der Waals surface area (Å²) in [5, 5.41) is 2.75. The Labute approximate surface area is 155 Å². The van der Waals surface area contributed by atoms with Gasteiger partial charge in [-0.2, -0.15) is 0 Å². The quantitative estimate of drug-likeness (QED) is 0.350. The van der Waals surface area contributed by atoms with Crippen LogP contribution in [0.25, 0.3) is 6.08 Å². The Morgan fingerprint density at radius 1 is 1.12 bits per heavy atom. The smallest absolute Gasteiger partial charge is 0.330 e. The fraction of sp³-hybridized carbons (Fsp3) is 0.500. The highest BCUT2D eigenvalue weighted by Crippen LogP contribution is 2.25. The number of hydrogen-bond acceptors (Lipinski definition) is 5. The third-order valence-electron chi connectivity index (χ3n) is 3.76. The van der Waals surface area contributed by atoms with Gasteiger partial charge in [0.15, 0.2) is 0 Å². The Bertz CT molecular complexity index is 598. The first-order valence-electron chi connectivity index (χ1n) is 8.94. The fourth-order valence-electron chi connectivity index (χ4n) is 2.32. The summed E-state index contributed by atoms with van der Waals surface area (Å²) in [5.41, 5.74) is 0.712. The minimum absolute atomic E-state index is 0.00573. The normalized spacial score (nSPS) is 10.6. The van der Waals surface area contributed by atoms with Crippen LogP contribution in [0.15, 0.2) is 24.3 Å². The number of hydrogen-bond donors (Lipinski definition) is 1. The summed E-state index contributed by atoms with van der Waals surface area (Å²) in [6.07, 6.45) is 7.70. The molecule has 144 valence electrons. The van der Waals surface area contributed by atoms with Crippen LogP contribution in [0.4, 0.5) is 0 Å². The summed E-state index contributed by atoms with van der Waals surface area (Å²) in [7, 11) is 3.13. The van der Waals surface area contributed by atoms with Gasteiger partial charge in [0, 0.05) is 18.1 Å². The topological polar surface area (TPSA) is 73.9 Å². The molecule has 1 aromatic carbocycles. The van der Waals surface area contributed by atoms with E-state index in [2.05, 4.69) is 12.2 Å². The van der Waals surface area contributed by atoms with Crippen molar-refractivity contribution in [1.82, 2.24) is 5.32 Å². The molecule has 6 heteroatoms. The van der Waals surface area contributed by atoms with E-state index in [0.29, 0.717) is 30.0 Å². The third kappa shape index (κ3) is 8.55. The second-order valence-corrected chi connectivity index (χ2v) is 5.77. The Hall–Kier alpha value is -2.50. The first-order chi connectivity index (χ1) is 12.6. The zero-order valence-electron chi connectivity index (χ0n) is 15.9. The third-order valence-corrected chi connectivity index (χ3v) is 3.76. The number of ether oxygens (including phenoxy) is 3. The fourth-order valence-corrected chi connectivity index (χ4v) is 2.32. The molecule has 0 saturated carbocycles. The minimum Gasteiger partial charge on any atom is -0.497 e. The number of nitrogens with one attached hydrogen (secondary N) is 1. The average molecular weight is 363 g/mol. The van der Waals surface area contributed by atoms with Crippen molar-refractivity contribution < 1.29 is 23.8 Å². The van der Waals surface area contributed by atoms with E-state index in [4.69, 9.17) is 14.2 Å². The molecule has 0 heterocycles. The van der Waals surface area contributed by atoms with Gasteiger partial charge in [-0.15, -0.1) is 0 Å². The molecule has 0 aliphatic carbocycles. The number of carbonyl (C=O) groups excluding carboxylic acids is 2. The van der Waals surface area contributed by atoms with Crippen LogP contribution >= 0.6 is 0 Å². The molecule has 0 aromatic heterocycles. The highest BCUT2D eigenvalue weighted by atomic mass is 16.5. The molecule has 1 rings (SSSR count). The standard InChI is InChI=1S/C20H29NO5/c1-4-5-6-7-8-19(22)21-13-14-26-20(23)12-9-16-15-17(24-2)10-11-18(16)25-3/h9-12,15H,4-8,13-14H2,1-3H3,(H,21,22)/b12-9+. The van der Waals surface area contributed by atoms with E-state index in [1.807, 2.05) is 0 Å². The van der Waals surface area contributed by atoms with E-state index < -0.39 is 5.97 Å². The maximum atomic E-state index is 11.8. The van der Waals surface area contributed by atoms with E-state index in [1.54, 1.807) is 38.5 Å². The molecule has 1 amide bonds. The summed E-state index contributed by atoms with van der Waals surface area (Å²) in [6.45, 7) is 2.58. The Kier molecular flexibility index (Phi) is 10.6. The summed E-state index contributed by atoms with van der Waals surface area (Å²) in [4.78, 5) is 23.4. The van der Waals surface area contributed by atoms with Crippen molar-refractivity contribution in [3.63, 3.8) is 0 Å². The van der Waals surface area contributed by atoms with Gasteiger partial charge < -0.3 is 19.5 Å². The lowest BCUT2D eigenvalue weighted by molar-refractivity contribution is -0.138. The minimum atomic E-state index is -0.480. The van der Waals surface area contributed by atoms with Crippen LogP contribution in [0.3, 0.4) is 0 Å². The maximum absolute atomic E-state index is 11.8. The molecule has 0 spiro atoms. The van der Waals surface area contributed by atoms with Gasteiger partial charge in [-0.05, 0) is 30.7 Å². The van der Waals surface area contributed by atoms with Crippen LogP contribution < -0.4 is 14.8 Å². The van der Waals surface area contributed by atoms with Crippen molar-refractivity contribution in [3.05, 3.63) is 29.8 Å². The van der Waals surface area contributed by atoms with E-state index in [9.17, 15) is 9.59 Å². The van der Waals surface area contributed by atoms with Crippen molar-refractivity contribution in [1.29, 1.82) is 0 Å². The molecule has 1 aromatic rings. The Morgan fingerprint density at radius 3 is 2.62 bits per heavy atom. The maximum Gasteiger partial charge on any atom is 0.330 e. The highest BCUT2D eigenvalue weighted by Gasteiger charge is 2.04. The average Bonchev–Trinajstić information content (AvgIpc) is 2.66. The highest BCUT2D eigenvalue weighted by molar-refractivity contribution is 5.87. The first-order valence-corrected chi connectivity index (χ1v) is 8.94. The van der Waals surface area contributed by atoms with E-state index in [1.165, 1.54) is 6.08 Å². The van der Waals surface area contributed by atoms with Gasteiger partial charge in [0.05, 0.1) is 20.8 Å². The number of carbonyl (C=O) groups is 2. The molecule has 0 radical (unpaired) electrons. The van der Waals surface area contributed by atoms with Gasteiger partial charge >= 0.3 is 5.97 Å². The number of benzene rings is 1. The van der Waals surface area contributed by atoms with Gasteiger partial charge in [0.25, 0.3) is 0 Å². The van der Waals surface area contributed by atoms with E-state index in [0.717, 1.165) is 25.7 Å². The van der Waals surface area contributed by atoms with Gasteiger partial charge in [-0.1, -0.05) is 26.2 Å². The van der Waals surface area contributed by atoms with Crippen molar-refractivity contribution in [2.45, 2.75) is 39.0 Å². The monoisotopic (exact) mass is 363 g/mol. The zero-order valence-corrected chi connectivity index (χ0v) is 15.9. The second-order valence-electron chi connectivity index (χ2n) is 5.77.